The lowest BCUT2D eigenvalue weighted by atomic mass is 10.1. The quantitative estimate of drug-likeness (QED) is 0.507. The lowest BCUT2D eigenvalue weighted by molar-refractivity contribution is 0.0601. The molecule has 0 unspecified atom stereocenters. The summed E-state index contributed by atoms with van der Waals surface area (Å²) in [6.45, 7) is 2.01. The number of ether oxygens (including phenoxy) is 2. The predicted octanol–water partition coefficient (Wildman–Crippen LogP) is 4.21. The molecule has 0 atom stereocenters. The van der Waals surface area contributed by atoms with Crippen LogP contribution in [0.15, 0.2) is 42.5 Å². The van der Waals surface area contributed by atoms with Crippen molar-refractivity contribution in [3.8, 4) is 5.75 Å². The van der Waals surface area contributed by atoms with Crippen molar-refractivity contribution in [2.45, 2.75) is 13.3 Å². The number of aryl methyl sites for hydroxylation is 1. The van der Waals surface area contributed by atoms with Crippen LogP contribution in [0.4, 0.5) is 11.5 Å². The number of carbonyl (C=O) groups excluding carboxylic acids is 1. The number of aromatic nitrogens is 3. The molecule has 2 N–H and O–H groups in total. The smallest absolute Gasteiger partial charge is 0.337 e. The molecule has 7 heteroatoms. The molecule has 0 fully saturated rings. The van der Waals surface area contributed by atoms with Crippen LogP contribution in [0.1, 0.15) is 23.1 Å². The van der Waals surface area contributed by atoms with Gasteiger partial charge in [0.05, 0.1) is 25.2 Å². The number of hydrogen-bond acceptors (Lipinski definition) is 6. The molecule has 2 aromatic heterocycles. The number of fused-ring (bicyclic) bond motifs is 3. The van der Waals surface area contributed by atoms with Gasteiger partial charge in [-0.3, -0.25) is 0 Å². The van der Waals surface area contributed by atoms with Crippen LogP contribution >= 0.6 is 0 Å². The number of nitrogens with one attached hydrogen (secondary N) is 2. The Morgan fingerprint density at radius 1 is 1.11 bits per heavy atom. The molecule has 28 heavy (non-hydrogen) atoms. The van der Waals surface area contributed by atoms with Crippen molar-refractivity contribution >= 4 is 39.4 Å². The van der Waals surface area contributed by atoms with Crippen LogP contribution in [-0.4, -0.2) is 35.1 Å². The molecule has 0 aliphatic carbocycles. The highest BCUT2D eigenvalue weighted by Gasteiger charge is 2.16. The van der Waals surface area contributed by atoms with Crippen LogP contribution in [-0.2, 0) is 11.2 Å². The number of anilines is 2. The van der Waals surface area contributed by atoms with Crippen molar-refractivity contribution in [2.24, 2.45) is 0 Å². The maximum absolute atomic E-state index is 12.0. The van der Waals surface area contributed by atoms with E-state index in [-0.39, 0.29) is 5.97 Å². The fourth-order valence-electron chi connectivity index (χ4n) is 3.14. The molecule has 2 aromatic carbocycles. The summed E-state index contributed by atoms with van der Waals surface area (Å²) >= 11 is 0. The minimum atomic E-state index is -0.382. The van der Waals surface area contributed by atoms with Crippen molar-refractivity contribution in [1.82, 2.24) is 15.0 Å². The van der Waals surface area contributed by atoms with Gasteiger partial charge >= 0.3 is 5.97 Å². The zero-order chi connectivity index (χ0) is 19.7. The van der Waals surface area contributed by atoms with E-state index in [4.69, 9.17) is 9.47 Å². The van der Waals surface area contributed by atoms with Gasteiger partial charge in [-0.05, 0) is 42.5 Å². The van der Waals surface area contributed by atoms with Crippen LogP contribution in [0, 0.1) is 0 Å². The Labute approximate surface area is 161 Å². The van der Waals surface area contributed by atoms with E-state index in [1.807, 2.05) is 37.3 Å². The molecular formula is C21H20N4O3. The lowest BCUT2D eigenvalue weighted by Crippen LogP contribution is -2.01. The summed E-state index contributed by atoms with van der Waals surface area (Å²) in [4.78, 5) is 24.6. The largest absolute Gasteiger partial charge is 0.497 e. The summed E-state index contributed by atoms with van der Waals surface area (Å²) in [6, 6.07) is 13.0. The van der Waals surface area contributed by atoms with E-state index in [1.165, 1.54) is 7.11 Å². The van der Waals surface area contributed by atoms with Crippen molar-refractivity contribution < 1.29 is 14.3 Å². The van der Waals surface area contributed by atoms with Crippen LogP contribution in [0.5, 0.6) is 5.75 Å². The first-order valence-electron chi connectivity index (χ1n) is 8.94. The summed E-state index contributed by atoms with van der Waals surface area (Å²) < 4.78 is 10.1. The molecule has 7 nitrogen and oxygen atoms in total. The third-order valence-electron chi connectivity index (χ3n) is 4.59. The first kappa shape index (κ1) is 17.8. The van der Waals surface area contributed by atoms with Crippen molar-refractivity contribution in [3.63, 3.8) is 0 Å². The molecule has 4 aromatic rings. The van der Waals surface area contributed by atoms with E-state index in [0.717, 1.165) is 39.2 Å². The number of esters is 1. The van der Waals surface area contributed by atoms with Gasteiger partial charge in [0, 0.05) is 23.0 Å². The molecule has 0 bridgehead atoms. The average Bonchev–Trinajstić information content (AvgIpc) is 3.11. The van der Waals surface area contributed by atoms with Gasteiger partial charge in [0.1, 0.15) is 23.0 Å². The molecule has 0 radical (unpaired) electrons. The second kappa shape index (κ2) is 7.19. The van der Waals surface area contributed by atoms with Crippen molar-refractivity contribution in [1.29, 1.82) is 0 Å². The van der Waals surface area contributed by atoms with Gasteiger partial charge < -0.3 is 19.8 Å². The van der Waals surface area contributed by atoms with Gasteiger partial charge in [-0.1, -0.05) is 6.92 Å². The van der Waals surface area contributed by atoms with Crippen LogP contribution in [0.2, 0.25) is 0 Å². The SMILES string of the molecule is CCc1nc(Nc2ccc(OC)cc2)c2c(n1)[nH]c1ccc(C(=O)OC)cc12. The molecule has 0 aliphatic rings. The zero-order valence-electron chi connectivity index (χ0n) is 15.9. The van der Waals surface area contributed by atoms with E-state index in [2.05, 4.69) is 20.3 Å². The second-order valence-corrected chi connectivity index (χ2v) is 6.30. The third kappa shape index (κ3) is 3.11. The normalized spacial score (nSPS) is 11.0. The Bertz CT molecular complexity index is 1170. The molecule has 0 amide bonds. The second-order valence-electron chi connectivity index (χ2n) is 6.30. The lowest BCUT2D eigenvalue weighted by Gasteiger charge is -2.09. The zero-order valence-corrected chi connectivity index (χ0v) is 15.9. The molecule has 0 saturated carbocycles. The Morgan fingerprint density at radius 2 is 1.89 bits per heavy atom. The Kier molecular flexibility index (Phi) is 4.57. The first-order chi connectivity index (χ1) is 13.6. The van der Waals surface area contributed by atoms with Crippen LogP contribution in [0.25, 0.3) is 21.9 Å². The number of nitrogens with zero attached hydrogens (tertiary/aromatic N) is 2. The van der Waals surface area contributed by atoms with E-state index >= 15 is 0 Å². The van der Waals surface area contributed by atoms with Crippen molar-refractivity contribution in [2.75, 3.05) is 19.5 Å². The van der Waals surface area contributed by atoms with Gasteiger partial charge in [0.25, 0.3) is 0 Å². The average molecular weight is 376 g/mol. The minimum Gasteiger partial charge on any atom is -0.497 e. The fourth-order valence-corrected chi connectivity index (χ4v) is 3.14. The highest BCUT2D eigenvalue weighted by molar-refractivity contribution is 6.13. The number of methoxy groups -OCH3 is 2. The van der Waals surface area contributed by atoms with E-state index < -0.39 is 0 Å². The topological polar surface area (TPSA) is 89.1 Å². The first-order valence-corrected chi connectivity index (χ1v) is 8.94. The highest BCUT2D eigenvalue weighted by Crippen LogP contribution is 2.32. The summed E-state index contributed by atoms with van der Waals surface area (Å²) in [5, 5.41) is 5.06. The molecular weight excluding hydrogens is 356 g/mol. The van der Waals surface area contributed by atoms with Gasteiger partial charge in [-0.15, -0.1) is 0 Å². The van der Waals surface area contributed by atoms with Gasteiger partial charge in [-0.25, -0.2) is 14.8 Å². The molecule has 2 heterocycles. The highest BCUT2D eigenvalue weighted by atomic mass is 16.5. The molecule has 0 aliphatic heterocycles. The Balaban J connectivity index is 1.89. The maximum atomic E-state index is 12.0. The molecule has 0 spiro atoms. The Hall–Kier alpha value is -3.61. The number of rotatable bonds is 5. The van der Waals surface area contributed by atoms with E-state index in [1.54, 1.807) is 19.2 Å². The number of H-pyrrole nitrogens is 1. The minimum absolute atomic E-state index is 0.382. The number of aromatic amines is 1. The monoisotopic (exact) mass is 376 g/mol. The summed E-state index contributed by atoms with van der Waals surface area (Å²) in [6.07, 6.45) is 0.704. The van der Waals surface area contributed by atoms with Crippen molar-refractivity contribution in [3.05, 3.63) is 53.9 Å². The summed E-state index contributed by atoms with van der Waals surface area (Å²) in [5.74, 6) is 1.80. The van der Waals surface area contributed by atoms with E-state index in [0.29, 0.717) is 17.8 Å². The number of carbonyl (C=O) groups is 1. The standard InChI is InChI=1S/C21H20N4O3/c1-4-17-24-19(22-13-6-8-14(27-2)9-7-13)18-15-11-12(21(26)28-3)5-10-16(15)23-20(18)25-17/h5-11H,4H2,1-3H3,(H2,22,23,24,25). The third-order valence-corrected chi connectivity index (χ3v) is 4.59. The molecule has 142 valence electrons. The fraction of sp³-hybridized carbons (Fsp3) is 0.190. The molecule has 4 rings (SSSR count). The summed E-state index contributed by atoms with van der Waals surface area (Å²) in [7, 11) is 3.00. The van der Waals surface area contributed by atoms with Gasteiger partial charge in [0.2, 0.25) is 0 Å². The Morgan fingerprint density at radius 3 is 2.57 bits per heavy atom. The number of hydrogen-bond donors (Lipinski definition) is 2. The van der Waals surface area contributed by atoms with Crippen LogP contribution in [0.3, 0.4) is 0 Å². The van der Waals surface area contributed by atoms with Gasteiger partial charge in [-0.2, -0.15) is 0 Å². The number of benzene rings is 2. The van der Waals surface area contributed by atoms with Crippen LogP contribution < -0.4 is 10.1 Å². The maximum Gasteiger partial charge on any atom is 0.337 e. The van der Waals surface area contributed by atoms with E-state index in [9.17, 15) is 4.79 Å². The summed E-state index contributed by atoms with van der Waals surface area (Å²) in [5.41, 5.74) is 2.95. The van der Waals surface area contributed by atoms with Gasteiger partial charge in [0.15, 0.2) is 0 Å². The predicted molar refractivity (Wildman–Crippen MR) is 108 cm³/mol. The molecule has 0 saturated heterocycles.